The molecule has 32 aromatic rings. The van der Waals surface area contributed by atoms with Gasteiger partial charge in [0.25, 0.3) is 0 Å². The molecule has 1 N–H and O–H groups in total. The van der Waals surface area contributed by atoms with Gasteiger partial charge in [-0.3, -0.25) is 0 Å². The fourth-order valence-corrected chi connectivity index (χ4v) is 30.3. The third-order valence-corrected chi connectivity index (χ3v) is 36.5. The molecule has 5 aliphatic carbocycles. The van der Waals surface area contributed by atoms with E-state index in [2.05, 4.69) is 468 Å². The highest BCUT2D eigenvalue weighted by Crippen LogP contribution is 2.62. The number of rotatable bonds is 0. The minimum Gasteiger partial charge on any atom is -0.456 e. The second-order valence-corrected chi connectivity index (χ2v) is 44.4. The molecule has 0 unspecified atom stereocenters. The van der Waals surface area contributed by atoms with Crippen LogP contribution in [-0.2, 0) is 31.1 Å². The van der Waals surface area contributed by atoms with E-state index in [1.165, 1.54) is 313 Å². The molecule has 0 amide bonds. The Morgan fingerprint density at radius 2 is 0.660 bits per heavy atom. The highest BCUT2D eigenvalue weighted by Gasteiger charge is 2.43. The van der Waals surface area contributed by atoms with Crippen molar-refractivity contribution in [1.29, 1.82) is 0 Å². The molecule has 3 nitrogen and oxygen atoms in total. The molecule has 150 heavy (non-hydrogen) atoms. The van der Waals surface area contributed by atoms with Gasteiger partial charge in [-0.1, -0.05) is 402 Å². The first-order chi connectivity index (χ1) is 74.2. The normalized spacial score (nSPS) is 13.2. The number of benzene rings is 27. The van der Waals surface area contributed by atoms with E-state index in [9.17, 15) is 0 Å². The summed E-state index contributed by atoms with van der Waals surface area (Å²) in [6, 6.07) is 164. The maximum absolute atomic E-state index is 6.69. The van der Waals surface area contributed by atoms with Gasteiger partial charge in [-0.25, -0.2) is 0 Å². The minimum absolute atomic E-state index is 0.0559. The number of fused-ring (bicyclic) bond motifs is 60. The van der Waals surface area contributed by atoms with E-state index in [-0.39, 0.29) is 5.41 Å². The molecule has 5 aromatic heterocycles. The third kappa shape index (κ3) is 12.1. The molecule has 5 aliphatic rings. The Balaban J connectivity index is 0.0000000814. The minimum atomic E-state index is -0.0559. The average molecular weight is 1940 g/mol. The Bertz CT molecular complexity index is 11700. The van der Waals surface area contributed by atoms with Gasteiger partial charge in [0.2, 0.25) is 0 Å². The summed E-state index contributed by atoms with van der Waals surface area (Å²) in [7, 11) is 0. The first kappa shape index (κ1) is 84.1. The number of thiophene rings is 2. The van der Waals surface area contributed by atoms with Gasteiger partial charge in [0.15, 0.2) is 0 Å². The van der Waals surface area contributed by atoms with Crippen LogP contribution in [0, 0.1) is 0 Å². The summed E-state index contributed by atoms with van der Waals surface area (Å²) >= 11 is 3.88. The molecule has 0 spiro atoms. The van der Waals surface area contributed by atoms with Crippen LogP contribution in [0.15, 0.2) is 458 Å². The summed E-state index contributed by atoms with van der Waals surface area (Å²) < 4.78 is 18.5. The molecule has 0 fully saturated rings. The molecule has 5 heteroatoms. The first-order valence-electron chi connectivity index (χ1n) is 52.5. The van der Waals surface area contributed by atoms with Crippen LogP contribution >= 0.6 is 22.7 Å². The number of aromatic nitrogens is 1. The van der Waals surface area contributed by atoms with E-state index in [1.54, 1.807) is 0 Å². The van der Waals surface area contributed by atoms with Gasteiger partial charge in [0, 0.05) is 94.4 Å². The third-order valence-electron chi connectivity index (χ3n) is 34.2. The van der Waals surface area contributed by atoms with Crippen molar-refractivity contribution in [3.63, 3.8) is 0 Å². The summed E-state index contributed by atoms with van der Waals surface area (Å²) in [6.45, 7) is 4.86. The highest BCUT2D eigenvalue weighted by atomic mass is 32.1. The molecule has 27 aromatic carbocycles. The number of H-pyrrole nitrogens is 1. The number of hydrogen-bond donors (Lipinski definition) is 1. The zero-order chi connectivity index (χ0) is 98.1. The first-order valence-corrected chi connectivity index (χ1v) is 54.1. The molecule has 0 bridgehead atoms. The van der Waals surface area contributed by atoms with E-state index in [4.69, 9.17) is 8.83 Å². The van der Waals surface area contributed by atoms with Gasteiger partial charge in [0.1, 0.15) is 22.3 Å². The van der Waals surface area contributed by atoms with Gasteiger partial charge in [-0.15, -0.1) is 22.7 Å². The Morgan fingerprint density at radius 3 is 1.37 bits per heavy atom. The Labute approximate surface area is 870 Å². The lowest BCUT2D eigenvalue weighted by Gasteiger charge is -2.25. The topological polar surface area (TPSA) is 42.1 Å². The molecule has 0 aliphatic heterocycles. The molecule has 698 valence electrons. The predicted molar refractivity (Wildman–Crippen MR) is 643 cm³/mol. The van der Waals surface area contributed by atoms with Crippen molar-refractivity contribution in [2.75, 3.05) is 0 Å². The van der Waals surface area contributed by atoms with E-state index < -0.39 is 0 Å². The zero-order valence-corrected chi connectivity index (χ0v) is 83.8. The van der Waals surface area contributed by atoms with Crippen LogP contribution < -0.4 is 0 Å². The number of aromatic amines is 1. The smallest absolute Gasteiger partial charge is 0.143 e. The summed E-state index contributed by atoms with van der Waals surface area (Å²) in [5, 5.41) is 44.7. The quantitative estimate of drug-likeness (QED) is 0.164. The summed E-state index contributed by atoms with van der Waals surface area (Å²) in [4.78, 5) is 3.70. The predicted octanol–water partition coefficient (Wildman–Crippen LogP) is 41.0. The number of hydrogen-bond acceptors (Lipinski definition) is 4. The second-order valence-electron chi connectivity index (χ2n) is 42.3. The zero-order valence-electron chi connectivity index (χ0n) is 82.2. The van der Waals surface area contributed by atoms with Crippen molar-refractivity contribution >= 4 is 258 Å². The summed E-state index contributed by atoms with van der Waals surface area (Å²) in [5.74, 6) is 0. The Kier molecular flexibility index (Phi) is 17.9. The Morgan fingerprint density at radius 1 is 0.207 bits per heavy atom. The average Bonchev–Trinajstić information content (AvgIpc) is 1.52. The van der Waals surface area contributed by atoms with E-state index in [1.807, 2.05) is 22.7 Å². The Hall–Kier alpha value is -18.1. The van der Waals surface area contributed by atoms with Crippen LogP contribution in [-0.4, -0.2) is 4.98 Å². The van der Waals surface area contributed by atoms with E-state index in [0.29, 0.717) is 0 Å². The van der Waals surface area contributed by atoms with Crippen molar-refractivity contribution in [2.45, 2.75) is 44.9 Å². The van der Waals surface area contributed by atoms with Gasteiger partial charge in [-0.2, -0.15) is 0 Å². The van der Waals surface area contributed by atoms with Crippen LogP contribution in [0.5, 0.6) is 0 Å². The SMILES string of the molecule is CC1(C)c2c(ccc3ccccc23)-c2c3c(c4ccccc4c21)-c1cc2ccccc2cc1C3.c1ccc2c(c1)Cc1c-2c2ccccc2c2sc3ccc4ccccc4c3c12.c1ccc2c(c1)ccc1[nH]c3c(ccc4oc5ccc6ccccc6c5c43)c12.c1ccc2c3c(ccc2c1)Cc1c-3c2ccccc2c2oc3c4ccccc4ccc3c12.c1ccc2cc3c(cc2c1)sc1ccc2c(c13)Cc1ccc3ccccc3c1-2. The van der Waals surface area contributed by atoms with Crippen LogP contribution in [0.25, 0.3) is 291 Å². The molecular weight excluding hydrogens is 1850 g/mol. The van der Waals surface area contributed by atoms with E-state index >= 15 is 0 Å². The van der Waals surface area contributed by atoms with Gasteiger partial charge in [0.05, 0.1) is 10.9 Å². The molecule has 0 atom stereocenters. The fraction of sp³-hybridized carbons (Fsp3) is 0.0483. The van der Waals surface area contributed by atoms with Crippen LogP contribution in [0.1, 0.15) is 69.5 Å². The summed E-state index contributed by atoms with van der Waals surface area (Å²) in [5.41, 5.74) is 35.1. The van der Waals surface area contributed by atoms with E-state index in [0.717, 1.165) is 59.0 Å². The van der Waals surface area contributed by atoms with Crippen molar-refractivity contribution in [3.05, 3.63) is 505 Å². The van der Waals surface area contributed by atoms with Crippen LogP contribution in [0.4, 0.5) is 0 Å². The van der Waals surface area contributed by atoms with Crippen molar-refractivity contribution in [3.8, 4) is 55.6 Å². The van der Waals surface area contributed by atoms with Crippen molar-refractivity contribution < 1.29 is 8.83 Å². The monoisotopic (exact) mass is 1940 g/mol. The molecule has 5 heterocycles. The molecule has 0 saturated carbocycles. The maximum Gasteiger partial charge on any atom is 0.143 e. The van der Waals surface area contributed by atoms with Crippen LogP contribution in [0.3, 0.4) is 0 Å². The van der Waals surface area contributed by atoms with Gasteiger partial charge < -0.3 is 13.8 Å². The van der Waals surface area contributed by atoms with Gasteiger partial charge >= 0.3 is 0 Å². The van der Waals surface area contributed by atoms with Crippen LogP contribution in [0.2, 0.25) is 0 Å². The highest BCUT2D eigenvalue weighted by molar-refractivity contribution is 7.27. The second kappa shape index (κ2) is 32.0. The summed E-state index contributed by atoms with van der Waals surface area (Å²) in [6.07, 6.45) is 4.01. The van der Waals surface area contributed by atoms with Gasteiger partial charge in [-0.05, 0) is 311 Å². The van der Waals surface area contributed by atoms with Crippen molar-refractivity contribution in [1.82, 2.24) is 4.98 Å². The van der Waals surface area contributed by atoms with Crippen molar-refractivity contribution in [2.24, 2.45) is 0 Å². The molecular formula is C145H89NO2S2. The number of nitrogens with one attached hydrogen (secondary N) is 1. The number of furan rings is 2. The molecule has 37 rings (SSSR count). The lowest BCUT2D eigenvalue weighted by Crippen LogP contribution is -2.16. The molecule has 0 saturated heterocycles. The standard InChI is InChI=1S/C34H24.C31H18O.2C27H16S.C26H15NO/c1-34(2)32-24-12-6-5-9-20(24)15-16-27(32)31-29-19-23-17-21-10-3-4-11-22(21)18-28(23)30(29)25-13-7-8-14-26(25)33(31)34;1-3-9-21-18(7-1)13-14-20-17-26-28(27(20)21)23-11-5-6-12-24(23)31-29(26)25-16-15-19-8-2-4-10-22(19)30(25)32-31;1-3-9-18-16(7-1)13-14-23-25(18)26-22-15-17-8-2-4-10-19(17)24(22)20-11-5-6-12-21(20)27(26)28-23;1-2-7-18-15-25-23(13-17(18)6-1)27-22-14-19-10-9-16-5-3-4-8-20(16)26(19)21(22)11-12-24(27)28-25;1-3-7-17-15(5-1)9-12-20-23(17)19-11-14-22-25(26(19)27-20)24-18-8-4-2-6-16(18)10-13-21(24)28-22/h3-18H,19H2,1-2H3;1-16H,17H2;1-14H,15H2;1-13,15H,14H2;1-14,27H. The largest absolute Gasteiger partial charge is 0.456 e. The lowest BCUT2D eigenvalue weighted by molar-refractivity contribution is 0.669. The fourth-order valence-electron chi connectivity index (χ4n) is 27.9. The lowest BCUT2D eigenvalue weighted by atomic mass is 9.77. The maximum atomic E-state index is 6.69. The molecule has 0 radical (unpaired) electrons.